The molecule has 0 spiro atoms. The fraction of sp³-hybridized carbons (Fsp3) is 0.600. The summed E-state index contributed by atoms with van der Waals surface area (Å²) >= 11 is 0. The average Bonchev–Trinajstić information content (AvgIpc) is 2.13. The molecule has 0 aromatic heterocycles. The molecule has 0 rings (SSSR count). The number of aliphatic carboxylic acids is 4. The van der Waals surface area contributed by atoms with Crippen molar-refractivity contribution in [2.75, 3.05) is 13.1 Å². The summed E-state index contributed by atoms with van der Waals surface area (Å²) in [6, 6.07) is 0. The van der Waals surface area contributed by atoms with Crippen molar-refractivity contribution in [2.24, 2.45) is 11.5 Å². The van der Waals surface area contributed by atoms with Crippen molar-refractivity contribution in [1.29, 1.82) is 0 Å². The van der Waals surface area contributed by atoms with Gasteiger partial charge in [0.2, 0.25) is 0 Å². The van der Waals surface area contributed by atoms with Crippen LogP contribution in [0.15, 0.2) is 0 Å². The first-order valence-corrected chi connectivity index (χ1v) is 5.03. The first-order chi connectivity index (χ1) is 8.84. The zero-order valence-electron chi connectivity index (χ0n) is 12.0. The van der Waals surface area contributed by atoms with Crippen molar-refractivity contribution in [3.05, 3.63) is 0 Å². The van der Waals surface area contributed by atoms with Crippen LogP contribution < -0.4 is 11.5 Å². The molecule has 130 valence electrons. The molecule has 0 saturated carbocycles. The van der Waals surface area contributed by atoms with Crippen LogP contribution in [-0.4, -0.2) is 154 Å². The third-order valence-electron chi connectivity index (χ3n) is 0.167. The summed E-state index contributed by atoms with van der Waals surface area (Å²) in [6.07, 6.45) is 0. The molecule has 0 atom stereocenters. The van der Waals surface area contributed by atoms with Gasteiger partial charge in [-0.1, -0.05) is 0 Å². The van der Waals surface area contributed by atoms with Gasteiger partial charge in [0, 0.05) is 40.8 Å². The van der Waals surface area contributed by atoms with E-state index in [-0.39, 0.29) is 96.9 Å². The second kappa shape index (κ2) is 49.5. The molecule has 0 aromatic rings. The van der Waals surface area contributed by atoms with E-state index in [9.17, 15) is 0 Å². The Balaban J connectivity index is -0.0000000197. The molecule has 0 saturated heterocycles. The van der Waals surface area contributed by atoms with E-state index in [0.717, 1.165) is 27.7 Å². The summed E-state index contributed by atoms with van der Waals surface area (Å²) < 4.78 is 0. The molecular weight excluding hydrogens is 362 g/mol. The van der Waals surface area contributed by atoms with Crippen molar-refractivity contribution >= 4 is 121 Å². The fourth-order valence-corrected chi connectivity index (χ4v) is 0. The zero-order chi connectivity index (χ0) is 17.7. The second-order valence-electron chi connectivity index (χ2n) is 2.65. The molecule has 0 aliphatic carbocycles. The molecule has 10 nitrogen and oxygen atoms in total. The van der Waals surface area contributed by atoms with Crippen LogP contribution in [0, 0.1) is 0 Å². The Bertz CT molecular complexity index is 205. The number of nitrogens with two attached hydrogens (primary N) is 2. The quantitative estimate of drug-likeness (QED) is 0.251. The minimum absolute atomic E-state index is 0. The maximum atomic E-state index is 9.00. The van der Waals surface area contributed by atoms with Gasteiger partial charge in [0.25, 0.3) is 23.9 Å². The van der Waals surface area contributed by atoms with Gasteiger partial charge in [0.15, 0.2) is 0 Å². The first kappa shape index (κ1) is 49.6. The van der Waals surface area contributed by atoms with E-state index in [2.05, 4.69) is 0 Å². The van der Waals surface area contributed by atoms with E-state index in [1.54, 1.807) is 0 Å². The van der Waals surface area contributed by atoms with Crippen molar-refractivity contribution in [3.63, 3.8) is 0 Å². The molecule has 0 unspecified atom stereocenters. The molecule has 0 amide bonds. The summed E-state index contributed by atoms with van der Waals surface area (Å²) in [4.78, 5) is 36.0. The predicted octanol–water partition coefficient (Wildman–Crippen LogP) is -2.95. The summed E-state index contributed by atoms with van der Waals surface area (Å²) in [7, 11) is 0. The van der Waals surface area contributed by atoms with Crippen molar-refractivity contribution in [2.45, 2.75) is 27.7 Å². The van der Waals surface area contributed by atoms with Gasteiger partial charge in [-0.05, 0) is 0 Å². The minimum atomic E-state index is -0.833. The average molecular weight is 390 g/mol. The molecule has 0 aliphatic heterocycles. The third kappa shape index (κ3) is 2410. The van der Waals surface area contributed by atoms with E-state index >= 15 is 0 Å². The Hall–Kier alpha value is 1.06. The van der Waals surface area contributed by atoms with E-state index < -0.39 is 23.9 Å². The van der Waals surface area contributed by atoms with Crippen molar-refractivity contribution in [1.82, 2.24) is 0 Å². The van der Waals surface area contributed by atoms with Gasteiger partial charge in [-0.2, -0.15) is 0 Å². The normalized spacial score (nSPS) is 5.65. The van der Waals surface area contributed by atoms with Crippen LogP contribution >= 0.6 is 0 Å². The van der Waals surface area contributed by atoms with Crippen molar-refractivity contribution < 1.29 is 39.6 Å². The maximum absolute atomic E-state index is 9.00. The number of carboxylic acids is 4. The van der Waals surface area contributed by atoms with Crippen LogP contribution in [0.1, 0.15) is 27.7 Å². The van der Waals surface area contributed by atoms with Gasteiger partial charge in [-0.3, -0.25) is 19.2 Å². The first-order valence-electron chi connectivity index (χ1n) is 5.03. The van der Waals surface area contributed by atoms with Crippen LogP contribution in [0.2, 0.25) is 0 Å². The van der Waals surface area contributed by atoms with Gasteiger partial charge >= 0.3 is 96.9 Å². The Morgan fingerprint density at radius 2 is 0.652 bits per heavy atom. The number of rotatable bonds is 1. The van der Waals surface area contributed by atoms with E-state index in [1.807, 2.05) is 0 Å². The summed E-state index contributed by atoms with van der Waals surface area (Å²) in [5.41, 5.74) is 9.81. The number of carbonyl (C=O) groups is 4. The summed E-state index contributed by atoms with van der Waals surface area (Å²) in [5.74, 6) is -3.33. The van der Waals surface area contributed by atoms with Crippen LogP contribution in [0.3, 0.4) is 0 Å². The number of hydrogen-bond acceptors (Lipinski definition) is 6. The Labute approximate surface area is 209 Å². The second-order valence-corrected chi connectivity index (χ2v) is 2.65. The molecular formula is C10H28CaN2Na2O8. The monoisotopic (exact) mass is 390 g/mol. The van der Waals surface area contributed by atoms with Gasteiger partial charge in [-0.25, -0.2) is 0 Å². The van der Waals surface area contributed by atoms with Crippen LogP contribution in [0.4, 0.5) is 0 Å². The van der Waals surface area contributed by atoms with Crippen LogP contribution in [0.5, 0.6) is 0 Å². The predicted molar refractivity (Wildman–Crippen MR) is 94.2 cm³/mol. The van der Waals surface area contributed by atoms with Crippen LogP contribution in [0.25, 0.3) is 0 Å². The molecule has 8 N–H and O–H groups in total. The van der Waals surface area contributed by atoms with Crippen LogP contribution in [-0.2, 0) is 19.2 Å². The molecule has 0 aromatic carbocycles. The molecule has 0 radical (unpaired) electrons. The molecule has 13 heteroatoms. The molecule has 0 fully saturated rings. The SMILES string of the molecule is CC(=O)O.CC(=O)O.CC(=O)O.CC(=O)O.NCCN.[CaH2].[NaH].[NaH]. The van der Waals surface area contributed by atoms with E-state index in [0.29, 0.717) is 13.1 Å². The topological polar surface area (TPSA) is 201 Å². The molecule has 0 bridgehead atoms. The standard InChI is InChI=1S/C2H8N2.4C2H4O2.Ca.2Na.4H/c3-1-2-4;4*1-2(3)4;;;;;;;/h1-4H2;4*1H3,(H,3,4);;;;;;;. The fourth-order valence-electron chi connectivity index (χ4n) is 0. The molecule has 0 aliphatic rings. The number of hydrogen-bond donors (Lipinski definition) is 6. The Morgan fingerprint density at radius 3 is 0.652 bits per heavy atom. The van der Waals surface area contributed by atoms with Crippen molar-refractivity contribution in [3.8, 4) is 0 Å². The summed E-state index contributed by atoms with van der Waals surface area (Å²) in [6.45, 7) is 5.53. The Morgan fingerprint density at radius 1 is 0.609 bits per heavy atom. The third-order valence-corrected chi connectivity index (χ3v) is 0.167. The van der Waals surface area contributed by atoms with Gasteiger partial charge in [0.05, 0.1) is 0 Å². The van der Waals surface area contributed by atoms with Gasteiger partial charge in [-0.15, -0.1) is 0 Å². The molecule has 23 heavy (non-hydrogen) atoms. The van der Waals surface area contributed by atoms with Gasteiger partial charge < -0.3 is 31.9 Å². The number of carboxylic acid groups (broad SMARTS) is 4. The van der Waals surface area contributed by atoms with E-state index in [1.165, 1.54) is 0 Å². The summed E-state index contributed by atoms with van der Waals surface area (Å²) in [5, 5.41) is 29.7. The molecule has 0 heterocycles. The zero-order valence-corrected chi connectivity index (χ0v) is 12.0. The van der Waals surface area contributed by atoms with E-state index in [4.69, 9.17) is 51.1 Å². The van der Waals surface area contributed by atoms with Gasteiger partial charge in [0.1, 0.15) is 0 Å². The Kier molecular flexibility index (Phi) is 107.